The number of hydrogen-bond acceptors (Lipinski definition) is 3. The molecular formula is C21H17N3OS. The van der Waals surface area contributed by atoms with Crippen molar-refractivity contribution in [2.24, 2.45) is 0 Å². The summed E-state index contributed by atoms with van der Waals surface area (Å²) in [7, 11) is 0. The Balaban J connectivity index is 1.55. The number of hydrogen-bond donors (Lipinski definition) is 2. The van der Waals surface area contributed by atoms with Crippen molar-refractivity contribution >= 4 is 39.8 Å². The van der Waals surface area contributed by atoms with Crippen LogP contribution in [0.4, 0.5) is 11.4 Å². The second kappa shape index (κ2) is 6.98. The number of thiocarbonyl (C=S) groups is 1. The van der Waals surface area contributed by atoms with Crippen molar-refractivity contribution in [1.29, 1.82) is 0 Å². The van der Waals surface area contributed by atoms with E-state index in [0.717, 1.165) is 33.6 Å². The maximum atomic E-state index is 5.88. The van der Waals surface area contributed by atoms with Crippen molar-refractivity contribution < 1.29 is 4.42 Å². The monoisotopic (exact) mass is 359 g/mol. The third kappa shape index (κ3) is 3.58. The van der Waals surface area contributed by atoms with Crippen LogP contribution in [0.1, 0.15) is 5.56 Å². The van der Waals surface area contributed by atoms with Crippen LogP contribution in [0.15, 0.2) is 77.2 Å². The van der Waals surface area contributed by atoms with Crippen LogP contribution >= 0.6 is 12.2 Å². The maximum Gasteiger partial charge on any atom is 0.227 e. The highest BCUT2D eigenvalue weighted by atomic mass is 32.1. The average molecular weight is 359 g/mol. The Labute approximate surface area is 156 Å². The minimum atomic E-state index is 0.529. The molecule has 3 aromatic carbocycles. The molecule has 128 valence electrons. The first-order chi connectivity index (χ1) is 12.7. The summed E-state index contributed by atoms with van der Waals surface area (Å²) < 4.78 is 5.88. The van der Waals surface area contributed by atoms with E-state index in [-0.39, 0.29) is 0 Å². The molecular weight excluding hydrogens is 342 g/mol. The minimum Gasteiger partial charge on any atom is -0.436 e. The van der Waals surface area contributed by atoms with Gasteiger partial charge in [-0.25, -0.2) is 4.98 Å². The zero-order valence-electron chi connectivity index (χ0n) is 14.2. The highest BCUT2D eigenvalue weighted by molar-refractivity contribution is 7.80. The number of nitrogens with one attached hydrogen (secondary N) is 2. The van der Waals surface area contributed by atoms with E-state index in [4.69, 9.17) is 16.6 Å². The molecule has 5 heteroatoms. The number of aryl methyl sites for hydroxylation is 1. The van der Waals surface area contributed by atoms with Crippen LogP contribution in [0.25, 0.3) is 22.6 Å². The van der Waals surface area contributed by atoms with E-state index in [1.165, 1.54) is 0 Å². The Morgan fingerprint density at radius 1 is 0.885 bits per heavy atom. The molecule has 0 unspecified atom stereocenters. The van der Waals surface area contributed by atoms with Crippen LogP contribution < -0.4 is 10.6 Å². The van der Waals surface area contributed by atoms with E-state index in [0.29, 0.717) is 11.0 Å². The zero-order chi connectivity index (χ0) is 17.9. The van der Waals surface area contributed by atoms with Crippen LogP contribution in [0, 0.1) is 6.92 Å². The van der Waals surface area contributed by atoms with Gasteiger partial charge in [0.1, 0.15) is 5.52 Å². The number of oxazole rings is 1. The predicted octanol–water partition coefficient (Wildman–Crippen LogP) is 5.61. The largest absolute Gasteiger partial charge is 0.436 e. The molecule has 0 aliphatic heterocycles. The van der Waals surface area contributed by atoms with Crippen molar-refractivity contribution in [3.05, 3.63) is 78.4 Å². The van der Waals surface area contributed by atoms with Crippen LogP contribution in [0.2, 0.25) is 0 Å². The summed E-state index contributed by atoms with van der Waals surface area (Å²) in [6.45, 7) is 2.04. The van der Waals surface area contributed by atoms with E-state index in [9.17, 15) is 0 Å². The standard InChI is InChI=1S/C21H17N3OS/c1-14-10-11-19-18(12-14)24-20(25-19)15-6-5-9-17(13-15)23-21(26)22-16-7-3-2-4-8-16/h2-13H,1H3,(H2,22,23,26). The van der Waals surface area contributed by atoms with Crippen LogP contribution in [0.5, 0.6) is 0 Å². The molecule has 0 aliphatic rings. The number of aromatic nitrogens is 1. The van der Waals surface area contributed by atoms with Gasteiger partial charge in [0.05, 0.1) is 0 Å². The van der Waals surface area contributed by atoms with Crippen LogP contribution in [-0.4, -0.2) is 10.1 Å². The summed E-state index contributed by atoms with van der Waals surface area (Å²) in [6, 6.07) is 23.6. The zero-order valence-corrected chi connectivity index (χ0v) is 15.0. The van der Waals surface area contributed by atoms with E-state index in [2.05, 4.69) is 15.6 Å². The Kier molecular flexibility index (Phi) is 4.37. The first-order valence-corrected chi connectivity index (χ1v) is 8.69. The predicted molar refractivity (Wildman–Crippen MR) is 110 cm³/mol. The summed E-state index contributed by atoms with van der Waals surface area (Å²) in [4.78, 5) is 4.59. The lowest BCUT2D eigenvalue weighted by Gasteiger charge is -2.11. The number of anilines is 2. The van der Waals surface area contributed by atoms with Gasteiger partial charge in [-0.15, -0.1) is 0 Å². The topological polar surface area (TPSA) is 50.1 Å². The number of benzene rings is 3. The molecule has 0 spiro atoms. The lowest BCUT2D eigenvalue weighted by atomic mass is 10.2. The SMILES string of the molecule is Cc1ccc2oc(-c3cccc(NC(=S)Nc4ccccc4)c3)nc2c1. The lowest BCUT2D eigenvalue weighted by Crippen LogP contribution is -2.18. The first kappa shape index (κ1) is 16.3. The van der Waals surface area contributed by atoms with E-state index in [1.807, 2.05) is 79.7 Å². The Morgan fingerprint density at radius 3 is 2.50 bits per heavy atom. The summed E-state index contributed by atoms with van der Waals surface area (Å²) in [5, 5.41) is 6.88. The summed E-state index contributed by atoms with van der Waals surface area (Å²) in [6.07, 6.45) is 0. The second-order valence-corrected chi connectivity index (χ2v) is 6.42. The molecule has 0 saturated carbocycles. The number of rotatable bonds is 3. The highest BCUT2D eigenvalue weighted by Gasteiger charge is 2.09. The van der Waals surface area contributed by atoms with Crippen molar-refractivity contribution in [3.8, 4) is 11.5 Å². The van der Waals surface area contributed by atoms with E-state index >= 15 is 0 Å². The molecule has 0 radical (unpaired) electrons. The minimum absolute atomic E-state index is 0.529. The number of para-hydroxylation sites is 1. The van der Waals surface area contributed by atoms with Gasteiger partial charge in [-0.3, -0.25) is 0 Å². The second-order valence-electron chi connectivity index (χ2n) is 6.02. The summed E-state index contributed by atoms with van der Waals surface area (Å²) in [5.74, 6) is 0.594. The van der Waals surface area contributed by atoms with Crippen molar-refractivity contribution in [2.45, 2.75) is 6.92 Å². The number of fused-ring (bicyclic) bond motifs is 1. The Bertz CT molecular complexity index is 1070. The van der Waals surface area contributed by atoms with Crippen LogP contribution in [-0.2, 0) is 0 Å². The molecule has 0 aliphatic carbocycles. The van der Waals surface area contributed by atoms with Gasteiger partial charge in [0, 0.05) is 16.9 Å². The molecule has 0 amide bonds. The highest BCUT2D eigenvalue weighted by Crippen LogP contribution is 2.26. The normalized spacial score (nSPS) is 10.7. The third-order valence-electron chi connectivity index (χ3n) is 3.94. The van der Waals surface area contributed by atoms with Crippen molar-refractivity contribution in [2.75, 3.05) is 10.6 Å². The smallest absolute Gasteiger partial charge is 0.227 e. The molecule has 2 N–H and O–H groups in total. The fraction of sp³-hybridized carbons (Fsp3) is 0.0476. The number of nitrogens with zero attached hydrogens (tertiary/aromatic N) is 1. The first-order valence-electron chi connectivity index (χ1n) is 8.28. The Morgan fingerprint density at radius 2 is 1.65 bits per heavy atom. The fourth-order valence-corrected chi connectivity index (χ4v) is 2.94. The van der Waals surface area contributed by atoms with E-state index < -0.39 is 0 Å². The van der Waals surface area contributed by atoms with Crippen molar-refractivity contribution in [1.82, 2.24) is 4.98 Å². The third-order valence-corrected chi connectivity index (χ3v) is 4.15. The lowest BCUT2D eigenvalue weighted by molar-refractivity contribution is 0.620. The molecule has 4 rings (SSSR count). The van der Waals surface area contributed by atoms with Gasteiger partial charge in [-0.05, 0) is 67.2 Å². The van der Waals surface area contributed by atoms with Gasteiger partial charge < -0.3 is 15.1 Å². The summed E-state index contributed by atoms with van der Waals surface area (Å²) in [5.41, 5.74) is 5.51. The molecule has 0 atom stereocenters. The summed E-state index contributed by atoms with van der Waals surface area (Å²) >= 11 is 5.38. The van der Waals surface area contributed by atoms with Gasteiger partial charge in [0.25, 0.3) is 0 Å². The van der Waals surface area contributed by atoms with Gasteiger partial charge in [-0.2, -0.15) is 0 Å². The van der Waals surface area contributed by atoms with Crippen LogP contribution in [0.3, 0.4) is 0 Å². The van der Waals surface area contributed by atoms with Crippen molar-refractivity contribution in [3.63, 3.8) is 0 Å². The molecule has 0 saturated heterocycles. The fourth-order valence-electron chi connectivity index (χ4n) is 2.71. The van der Waals surface area contributed by atoms with Gasteiger partial charge in [0.15, 0.2) is 10.7 Å². The average Bonchev–Trinajstić information content (AvgIpc) is 3.06. The molecule has 1 heterocycles. The molecule has 0 bridgehead atoms. The molecule has 0 fully saturated rings. The van der Waals surface area contributed by atoms with Gasteiger partial charge in [-0.1, -0.05) is 30.3 Å². The maximum absolute atomic E-state index is 5.88. The molecule has 1 aromatic heterocycles. The molecule has 4 aromatic rings. The molecule has 4 nitrogen and oxygen atoms in total. The van der Waals surface area contributed by atoms with E-state index in [1.54, 1.807) is 0 Å². The Hall–Kier alpha value is -3.18. The quantitative estimate of drug-likeness (QED) is 0.466. The molecule has 26 heavy (non-hydrogen) atoms. The van der Waals surface area contributed by atoms with Gasteiger partial charge >= 0.3 is 0 Å². The van der Waals surface area contributed by atoms with Gasteiger partial charge in [0.2, 0.25) is 5.89 Å².